The van der Waals surface area contributed by atoms with Crippen LogP contribution in [-0.2, 0) is 11.3 Å². The maximum absolute atomic E-state index is 13.5. The van der Waals surface area contributed by atoms with Crippen LogP contribution in [0.3, 0.4) is 0 Å². The van der Waals surface area contributed by atoms with Crippen LogP contribution in [0.15, 0.2) is 18.2 Å². The number of nitrogens with zero attached hydrogens (tertiary/aromatic N) is 3. The molecule has 3 aromatic rings. The first-order valence-corrected chi connectivity index (χ1v) is 8.85. The van der Waals surface area contributed by atoms with E-state index in [9.17, 15) is 28.7 Å². The minimum atomic E-state index is -1.33. The number of carboxylic acid groups (broad SMARTS) is 1. The Morgan fingerprint density at radius 3 is 2.57 bits per heavy atom. The Balaban J connectivity index is 2.19. The highest BCUT2D eigenvalue weighted by Gasteiger charge is 2.27. The van der Waals surface area contributed by atoms with Gasteiger partial charge in [0.15, 0.2) is 28.8 Å². The van der Waals surface area contributed by atoms with Crippen molar-refractivity contribution in [3.05, 3.63) is 57.0 Å². The number of carbonyl (C=O) groups excluding carboxylic acids is 1. The zero-order valence-corrected chi connectivity index (χ0v) is 16.2. The van der Waals surface area contributed by atoms with Gasteiger partial charge in [0.2, 0.25) is 0 Å². The molecule has 3 rings (SSSR count). The highest BCUT2D eigenvalue weighted by Crippen LogP contribution is 2.42. The molecule has 0 saturated carbocycles. The number of pyridine rings is 1. The van der Waals surface area contributed by atoms with Gasteiger partial charge in [0, 0.05) is 6.54 Å². The number of amides is 1. The van der Waals surface area contributed by atoms with E-state index >= 15 is 0 Å². The fraction of sp³-hybridized carbons (Fsp3) is 0.111. The summed E-state index contributed by atoms with van der Waals surface area (Å²) in [5.74, 6) is -5.24. The van der Waals surface area contributed by atoms with Crippen molar-refractivity contribution in [3.8, 4) is 11.8 Å². The van der Waals surface area contributed by atoms with Crippen molar-refractivity contribution in [2.75, 3.05) is 6.54 Å². The molecule has 0 bridgehead atoms. The highest BCUT2D eigenvalue weighted by molar-refractivity contribution is 6.46. The molecular formula is C18H10Cl2F2N4O4. The van der Waals surface area contributed by atoms with Gasteiger partial charge in [0.25, 0.3) is 5.91 Å². The van der Waals surface area contributed by atoms with Crippen molar-refractivity contribution in [1.29, 1.82) is 5.26 Å². The maximum Gasteiger partial charge on any atom is 0.322 e. The summed E-state index contributed by atoms with van der Waals surface area (Å²) in [5.41, 5.74) is -0.732. The highest BCUT2D eigenvalue weighted by atomic mass is 35.5. The minimum absolute atomic E-state index is 0.0375. The predicted molar refractivity (Wildman–Crippen MR) is 102 cm³/mol. The monoisotopic (exact) mass is 454 g/mol. The van der Waals surface area contributed by atoms with Gasteiger partial charge in [-0.3, -0.25) is 9.59 Å². The fourth-order valence-electron chi connectivity index (χ4n) is 2.80. The number of aromatic hydroxyl groups is 1. The summed E-state index contributed by atoms with van der Waals surface area (Å²) in [6, 6.07) is 4.89. The molecule has 1 amide bonds. The molecule has 0 spiro atoms. The molecule has 3 N–H and O–H groups in total. The number of fused-ring (bicyclic) bond motifs is 1. The number of carbonyl (C=O) groups is 2. The van der Waals surface area contributed by atoms with E-state index in [-0.39, 0.29) is 38.9 Å². The van der Waals surface area contributed by atoms with E-state index in [1.807, 2.05) is 5.32 Å². The zero-order chi connectivity index (χ0) is 22.2. The number of halogens is 4. The van der Waals surface area contributed by atoms with Crippen molar-refractivity contribution in [3.63, 3.8) is 0 Å². The third-order valence-corrected chi connectivity index (χ3v) is 4.96. The third-order valence-electron chi connectivity index (χ3n) is 4.10. The lowest BCUT2D eigenvalue weighted by Gasteiger charge is -2.10. The Labute approximate surface area is 176 Å². The quantitative estimate of drug-likeness (QED) is 0.543. The first kappa shape index (κ1) is 21.3. The molecule has 0 fully saturated rings. The van der Waals surface area contributed by atoms with E-state index in [1.165, 1.54) is 10.6 Å². The Morgan fingerprint density at radius 1 is 1.27 bits per heavy atom. The SMILES string of the molecule is N#Cc1nc(C(=O)NCC(=O)O)c(O)c2c(Cl)c(Cl)n(Cc3ccc(F)c(F)c3)c12. The van der Waals surface area contributed by atoms with Crippen LogP contribution in [0, 0.1) is 23.0 Å². The lowest BCUT2D eigenvalue weighted by Crippen LogP contribution is -2.30. The molecule has 1 aromatic carbocycles. The molecule has 0 radical (unpaired) electrons. The molecule has 8 nitrogen and oxygen atoms in total. The Kier molecular flexibility index (Phi) is 5.78. The molecule has 2 heterocycles. The van der Waals surface area contributed by atoms with Crippen molar-refractivity contribution in [1.82, 2.24) is 14.9 Å². The molecule has 2 aromatic heterocycles. The molecule has 0 aliphatic carbocycles. The third kappa shape index (κ3) is 3.72. The second kappa shape index (κ2) is 8.14. The maximum atomic E-state index is 13.5. The average Bonchev–Trinajstić information content (AvgIpc) is 2.95. The summed E-state index contributed by atoms with van der Waals surface area (Å²) in [6.45, 7) is -0.898. The molecular weight excluding hydrogens is 445 g/mol. The van der Waals surface area contributed by atoms with E-state index in [0.29, 0.717) is 0 Å². The number of benzene rings is 1. The van der Waals surface area contributed by atoms with Gasteiger partial charge in [-0.05, 0) is 17.7 Å². The summed E-state index contributed by atoms with van der Waals surface area (Å²) >= 11 is 12.4. The smallest absolute Gasteiger partial charge is 0.322 e. The number of aromatic nitrogens is 2. The number of rotatable bonds is 5. The fourth-order valence-corrected chi connectivity index (χ4v) is 3.32. The Hall–Kier alpha value is -3.42. The Bertz CT molecular complexity index is 1250. The molecule has 0 atom stereocenters. The molecule has 12 heteroatoms. The number of carboxylic acids is 1. The van der Waals surface area contributed by atoms with Crippen LogP contribution in [0.1, 0.15) is 21.7 Å². The zero-order valence-electron chi connectivity index (χ0n) is 14.7. The molecule has 0 aliphatic heterocycles. The topological polar surface area (TPSA) is 128 Å². The second-order valence-corrected chi connectivity index (χ2v) is 6.74. The summed E-state index contributed by atoms with van der Waals surface area (Å²) in [7, 11) is 0. The van der Waals surface area contributed by atoms with E-state index in [1.54, 1.807) is 6.07 Å². The van der Waals surface area contributed by atoms with E-state index in [2.05, 4.69) is 4.98 Å². The molecule has 0 unspecified atom stereocenters. The summed E-state index contributed by atoms with van der Waals surface area (Å²) < 4.78 is 28.0. The molecule has 0 saturated heterocycles. The van der Waals surface area contributed by atoms with Gasteiger partial charge in [-0.25, -0.2) is 13.8 Å². The van der Waals surface area contributed by atoms with Crippen LogP contribution in [-0.4, -0.2) is 38.2 Å². The van der Waals surface area contributed by atoms with Crippen LogP contribution in [0.2, 0.25) is 10.2 Å². The van der Waals surface area contributed by atoms with Gasteiger partial charge in [0.1, 0.15) is 17.8 Å². The van der Waals surface area contributed by atoms with Crippen LogP contribution < -0.4 is 5.32 Å². The first-order valence-electron chi connectivity index (χ1n) is 8.09. The summed E-state index contributed by atoms with van der Waals surface area (Å²) in [4.78, 5) is 26.6. The molecule has 154 valence electrons. The van der Waals surface area contributed by atoms with Crippen LogP contribution in [0.5, 0.6) is 5.75 Å². The van der Waals surface area contributed by atoms with E-state index < -0.39 is 41.5 Å². The number of hydrogen-bond donors (Lipinski definition) is 3. The lowest BCUT2D eigenvalue weighted by molar-refractivity contribution is -0.135. The second-order valence-electron chi connectivity index (χ2n) is 6.01. The van der Waals surface area contributed by atoms with Crippen molar-refractivity contribution >= 4 is 46.0 Å². The normalized spacial score (nSPS) is 10.8. The predicted octanol–water partition coefficient (Wildman–Crippen LogP) is 3.06. The molecule has 0 aliphatic rings. The van der Waals surface area contributed by atoms with Crippen LogP contribution >= 0.6 is 23.2 Å². The van der Waals surface area contributed by atoms with Gasteiger partial charge < -0.3 is 20.1 Å². The van der Waals surface area contributed by atoms with Gasteiger partial charge in [0.05, 0.1) is 15.9 Å². The van der Waals surface area contributed by atoms with Gasteiger partial charge in [-0.1, -0.05) is 29.3 Å². The van der Waals surface area contributed by atoms with Crippen LogP contribution in [0.4, 0.5) is 8.78 Å². The number of nitrogens with one attached hydrogen (secondary N) is 1. The van der Waals surface area contributed by atoms with Crippen molar-refractivity contribution < 1.29 is 28.6 Å². The number of nitriles is 1. The van der Waals surface area contributed by atoms with Gasteiger partial charge in [-0.2, -0.15) is 5.26 Å². The average molecular weight is 455 g/mol. The van der Waals surface area contributed by atoms with Crippen molar-refractivity contribution in [2.24, 2.45) is 0 Å². The van der Waals surface area contributed by atoms with E-state index in [4.69, 9.17) is 28.3 Å². The summed E-state index contributed by atoms with van der Waals surface area (Å²) in [6.07, 6.45) is 0. The first-order chi connectivity index (χ1) is 14.1. The Morgan fingerprint density at radius 2 is 1.97 bits per heavy atom. The van der Waals surface area contributed by atoms with E-state index in [0.717, 1.165) is 12.1 Å². The largest absolute Gasteiger partial charge is 0.505 e. The lowest BCUT2D eigenvalue weighted by atomic mass is 10.1. The van der Waals surface area contributed by atoms with Crippen molar-refractivity contribution in [2.45, 2.75) is 6.54 Å². The molecule has 30 heavy (non-hydrogen) atoms. The minimum Gasteiger partial charge on any atom is -0.505 e. The number of hydrogen-bond acceptors (Lipinski definition) is 5. The van der Waals surface area contributed by atoms with Crippen LogP contribution in [0.25, 0.3) is 10.9 Å². The standard InChI is InChI=1S/C18H10Cl2F2N4O4/c19-13-12-15(26(17(13)20)6-7-1-2-8(21)9(22)3-7)10(4-23)25-14(16(12)29)18(30)24-5-11(27)28/h1-3,29H,5-6H2,(H,24,30)(H,27,28). The van der Waals surface area contributed by atoms with Gasteiger partial charge >= 0.3 is 5.97 Å². The summed E-state index contributed by atoms with van der Waals surface area (Å²) in [5, 5.41) is 30.2. The number of aliphatic carboxylic acids is 1. The van der Waals surface area contributed by atoms with Gasteiger partial charge in [-0.15, -0.1) is 0 Å².